The lowest BCUT2D eigenvalue weighted by molar-refractivity contribution is 0.112. The monoisotopic (exact) mass is 513 g/mol. The Morgan fingerprint density at radius 2 is 1.20 bits per heavy atom. The second kappa shape index (κ2) is 13.2. The number of carbonyl (C=O) groups excluding carboxylic acids is 1. The van der Waals surface area contributed by atoms with Crippen molar-refractivity contribution in [2.24, 2.45) is 0 Å². The van der Waals surface area contributed by atoms with Gasteiger partial charge in [0.15, 0.2) is 23.3 Å². The standard InChI is InChI=1S/C23H19F5N2OS.CH5NO/c1-29(2)17-9-7-15(8-10-17)12-30(11-14-3-5-16(13-31)6-4-14)32-23-21(27)19(25)18(24)20(26)22(23)28;1-2-3/h3-10,13H,11-12H2,1-2H3;2-3H,1H3. The Morgan fingerprint density at radius 3 is 1.60 bits per heavy atom. The van der Waals surface area contributed by atoms with Gasteiger partial charge in [-0.05, 0) is 35.2 Å². The second-order valence-electron chi connectivity index (χ2n) is 7.43. The molecule has 0 aliphatic carbocycles. The Bertz CT molecular complexity index is 1100. The van der Waals surface area contributed by atoms with Crippen LogP contribution in [-0.4, -0.2) is 36.9 Å². The van der Waals surface area contributed by atoms with Gasteiger partial charge in [0, 0.05) is 45.5 Å². The third-order valence-corrected chi connectivity index (χ3v) is 5.73. The van der Waals surface area contributed by atoms with E-state index in [1.807, 2.05) is 43.3 Å². The molecule has 0 atom stereocenters. The maximum atomic E-state index is 14.3. The van der Waals surface area contributed by atoms with E-state index in [0.717, 1.165) is 11.3 Å². The van der Waals surface area contributed by atoms with Crippen molar-refractivity contribution in [3.05, 3.63) is 94.3 Å². The maximum absolute atomic E-state index is 14.3. The summed E-state index contributed by atoms with van der Waals surface area (Å²) in [5.41, 5.74) is 4.61. The van der Waals surface area contributed by atoms with E-state index in [4.69, 9.17) is 5.21 Å². The molecule has 0 fully saturated rings. The summed E-state index contributed by atoms with van der Waals surface area (Å²) in [5.74, 6) is -9.93. The van der Waals surface area contributed by atoms with Crippen LogP contribution in [0.25, 0.3) is 0 Å². The van der Waals surface area contributed by atoms with Gasteiger partial charge in [-0.1, -0.05) is 36.4 Å². The third-order valence-electron chi connectivity index (χ3n) is 4.68. The lowest BCUT2D eigenvalue weighted by Gasteiger charge is -2.23. The highest BCUT2D eigenvalue weighted by atomic mass is 32.2. The average molecular weight is 514 g/mol. The molecule has 11 heteroatoms. The summed E-state index contributed by atoms with van der Waals surface area (Å²) in [6.45, 7) is 0.284. The molecule has 0 saturated heterocycles. The quantitative estimate of drug-likeness (QED) is 0.103. The molecule has 0 unspecified atom stereocenters. The largest absolute Gasteiger partial charge is 0.378 e. The molecule has 2 N–H and O–H groups in total. The molecule has 35 heavy (non-hydrogen) atoms. The van der Waals surface area contributed by atoms with Crippen molar-refractivity contribution >= 4 is 23.9 Å². The molecule has 0 heterocycles. The van der Waals surface area contributed by atoms with Crippen LogP contribution in [0.3, 0.4) is 0 Å². The number of benzene rings is 3. The van der Waals surface area contributed by atoms with Gasteiger partial charge in [0.2, 0.25) is 5.82 Å². The Morgan fingerprint density at radius 1 is 0.800 bits per heavy atom. The van der Waals surface area contributed by atoms with E-state index in [1.54, 1.807) is 29.7 Å². The lowest BCUT2D eigenvalue weighted by Crippen LogP contribution is -2.17. The zero-order valence-corrected chi connectivity index (χ0v) is 20.0. The van der Waals surface area contributed by atoms with Crippen molar-refractivity contribution in [2.75, 3.05) is 26.0 Å². The third kappa shape index (κ3) is 7.49. The predicted octanol–water partition coefficient (Wildman–Crippen LogP) is 5.57. The van der Waals surface area contributed by atoms with Gasteiger partial charge in [0.05, 0.1) is 0 Å². The number of nitrogens with one attached hydrogen (secondary N) is 1. The molecule has 0 bridgehead atoms. The van der Waals surface area contributed by atoms with E-state index in [0.29, 0.717) is 29.4 Å². The van der Waals surface area contributed by atoms with Crippen molar-refractivity contribution in [1.82, 2.24) is 9.79 Å². The van der Waals surface area contributed by atoms with Gasteiger partial charge in [-0.15, -0.1) is 0 Å². The number of halogens is 5. The molecule has 3 aromatic carbocycles. The van der Waals surface area contributed by atoms with Crippen molar-refractivity contribution in [1.29, 1.82) is 0 Å². The van der Waals surface area contributed by atoms with Gasteiger partial charge in [-0.2, -0.15) is 0 Å². The highest BCUT2D eigenvalue weighted by molar-refractivity contribution is 7.97. The van der Waals surface area contributed by atoms with Crippen LogP contribution in [0.1, 0.15) is 21.5 Å². The topological polar surface area (TPSA) is 55.8 Å². The van der Waals surface area contributed by atoms with Gasteiger partial charge < -0.3 is 10.1 Å². The lowest BCUT2D eigenvalue weighted by atomic mass is 10.1. The van der Waals surface area contributed by atoms with Crippen molar-refractivity contribution in [3.8, 4) is 0 Å². The van der Waals surface area contributed by atoms with Gasteiger partial charge in [-0.3, -0.25) is 4.79 Å². The van der Waals surface area contributed by atoms with Crippen LogP contribution in [-0.2, 0) is 13.1 Å². The molecule has 5 nitrogen and oxygen atoms in total. The normalized spacial score (nSPS) is 10.7. The number of hydrogen-bond acceptors (Lipinski definition) is 6. The molecule has 0 radical (unpaired) electrons. The smallest absolute Gasteiger partial charge is 0.200 e. The fourth-order valence-electron chi connectivity index (χ4n) is 2.92. The van der Waals surface area contributed by atoms with Gasteiger partial charge in [-0.25, -0.2) is 31.7 Å². The maximum Gasteiger partial charge on any atom is 0.200 e. The van der Waals surface area contributed by atoms with E-state index in [-0.39, 0.29) is 13.1 Å². The van der Waals surface area contributed by atoms with Crippen LogP contribution >= 0.6 is 11.9 Å². The first kappa shape index (κ1) is 28.2. The SMILES string of the molecule is CN(C)c1ccc(CN(Cc2ccc(C=O)cc2)Sc2c(F)c(F)c(F)c(F)c2F)cc1.CNO. The minimum absolute atomic E-state index is 0.124. The summed E-state index contributed by atoms with van der Waals surface area (Å²) >= 11 is 0.446. The van der Waals surface area contributed by atoms with Gasteiger partial charge in [0.1, 0.15) is 11.2 Å². The summed E-state index contributed by atoms with van der Waals surface area (Å²) in [7, 11) is 5.19. The van der Waals surface area contributed by atoms with Crippen LogP contribution in [0.15, 0.2) is 53.4 Å². The fourth-order valence-corrected chi connectivity index (χ4v) is 3.95. The number of hydrogen-bond donors (Lipinski definition) is 2. The highest BCUT2D eigenvalue weighted by Crippen LogP contribution is 2.35. The summed E-state index contributed by atoms with van der Waals surface area (Å²) in [5, 5.41) is 7.32. The molecule has 3 rings (SSSR count). The molecule has 3 aromatic rings. The van der Waals surface area contributed by atoms with Crippen molar-refractivity contribution in [3.63, 3.8) is 0 Å². The first-order chi connectivity index (χ1) is 16.6. The van der Waals surface area contributed by atoms with Gasteiger partial charge in [0.25, 0.3) is 0 Å². The summed E-state index contributed by atoms with van der Waals surface area (Å²) < 4.78 is 70.8. The first-order valence-electron chi connectivity index (χ1n) is 10.2. The van der Waals surface area contributed by atoms with Crippen molar-refractivity contribution < 1.29 is 32.0 Å². The van der Waals surface area contributed by atoms with Crippen LogP contribution in [0, 0.1) is 29.1 Å². The average Bonchev–Trinajstić information content (AvgIpc) is 2.85. The minimum atomic E-state index is -2.19. The molecule has 0 amide bonds. The van der Waals surface area contributed by atoms with Crippen LogP contribution in [0.2, 0.25) is 0 Å². The van der Waals surface area contributed by atoms with Crippen LogP contribution < -0.4 is 10.4 Å². The number of anilines is 1. The van der Waals surface area contributed by atoms with E-state index in [9.17, 15) is 26.7 Å². The Hall–Kier alpha value is -2.99. The summed E-state index contributed by atoms with van der Waals surface area (Å²) in [6, 6.07) is 13.8. The molecule has 0 saturated carbocycles. The number of aldehydes is 1. The van der Waals surface area contributed by atoms with E-state index in [2.05, 4.69) is 0 Å². The molecular formula is C24H24F5N3O2S. The number of rotatable bonds is 8. The predicted molar refractivity (Wildman–Crippen MR) is 125 cm³/mol. The van der Waals surface area contributed by atoms with E-state index < -0.39 is 34.0 Å². The molecular weight excluding hydrogens is 489 g/mol. The molecule has 0 aliphatic heterocycles. The zero-order chi connectivity index (χ0) is 26.1. The van der Waals surface area contributed by atoms with Crippen molar-refractivity contribution in [2.45, 2.75) is 18.0 Å². The second-order valence-corrected chi connectivity index (χ2v) is 8.54. The summed E-state index contributed by atoms with van der Waals surface area (Å²) in [4.78, 5) is 11.8. The van der Waals surface area contributed by atoms with E-state index >= 15 is 0 Å². The summed E-state index contributed by atoms with van der Waals surface area (Å²) in [6.07, 6.45) is 0.678. The molecule has 0 spiro atoms. The fraction of sp³-hybridized carbons (Fsp3) is 0.208. The Kier molecular flexibility index (Phi) is 10.6. The zero-order valence-electron chi connectivity index (χ0n) is 19.2. The minimum Gasteiger partial charge on any atom is -0.378 e. The van der Waals surface area contributed by atoms with Gasteiger partial charge >= 0.3 is 0 Å². The first-order valence-corrected chi connectivity index (χ1v) is 11.0. The van der Waals surface area contributed by atoms with E-state index in [1.165, 1.54) is 11.4 Å². The number of nitrogens with zero attached hydrogens (tertiary/aromatic N) is 2. The number of carbonyl (C=O) groups is 1. The molecule has 0 aliphatic rings. The van der Waals surface area contributed by atoms with Crippen LogP contribution in [0.5, 0.6) is 0 Å². The molecule has 0 aromatic heterocycles. The molecule has 188 valence electrons. The Labute approximate surface area is 204 Å². The number of hydroxylamine groups is 1. The van der Waals surface area contributed by atoms with Crippen LogP contribution in [0.4, 0.5) is 27.6 Å². The highest BCUT2D eigenvalue weighted by Gasteiger charge is 2.27. The Balaban J connectivity index is 0.00000137.